The van der Waals surface area contributed by atoms with Crippen molar-refractivity contribution in [3.05, 3.63) is 59.2 Å². The molecule has 1 N–H and O–H groups in total. The second kappa shape index (κ2) is 9.94. The predicted octanol–water partition coefficient (Wildman–Crippen LogP) is 3.77. The van der Waals surface area contributed by atoms with Crippen molar-refractivity contribution in [3.8, 4) is 11.5 Å². The van der Waals surface area contributed by atoms with Gasteiger partial charge in [0, 0.05) is 12.6 Å². The fourth-order valence-electron chi connectivity index (χ4n) is 2.76. The highest BCUT2D eigenvalue weighted by molar-refractivity contribution is 5.99. The van der Waals surface area contributed by atoms with Crippen LogP contribution in [-0.2, 0) is 11.3 Å². The van der Waals surface area contributed by atoms with Crippen LogP contribution in [0.2, 0.25) is 0 Å². The Kier molecular flexibility index (Phi) is 7.63. The Bertz CT molecular complexity index is 690. The van der Waals surface area contributed by atoms with Gasteiger partial charge in [0.15, 0.2) is 5.78 Å². The SMILES string of the molecule is COc1cc([C@@H](C)NCCOCc2ccccc2)cc(OC)c1C(C)=O. The van der Waals surface area contributed by atoms with E-state index in [0.29, 0.717) is 36.8 Å². The number of carbonyl (C=O) groups is 1. The highest BCUT2D eigenvalue weighted by Gasteiger charge is 2.18. The van der Waals surface area contributed by atoms with Crippen LogP contribution >= 0.6 is 0 Å². The first-order chi connectivity index (χ1) is 12.6. The van der Waals surface area contributed by atoms with E-state index in [1.165, 1.54) is 6.92 Å². The van der Waals surface area contributed by atoms with Crippen LogP contribution in [0.25, 0.3) is 0 Å². The summed E-state index contributed by atoms with van der Waals surface area (Å²) in [6.07, 6.45) is 0. The van der Waals surface area contributed by atoms with Gasteiger partial charge in [0.1, 0.15) is 17.1 Å². The molecule has 0 bridgehead atoms. The average Bonchev–Trinajstić information content (AvgIpc) is 2.66. The summed E-state index contributed by atoms with van der Waals surface area (Å²) in [5, 5.41) is 3.42. The number of hydrogen-bond acceptors (Lipinski definition) is 5. The molecule has 0 saturated heterocycles. The molecular formula is C21H27NO4. The van der Waals surface area contributed by atoms with E-state index in [2.05, 4.69) is 12.2 Å². The number of Topliss-reactive ketones (excluding diaryl/α,β-unsaturated/α-hetero) is 1. The third kappa shape index (κ3) is 5.31. The number of benzene rings is 2. The highest BCUT2D eigenvalue weighted by atomic mass is 16.5. The first-order valence-corrected chi connectivity index (χ1v) is 8.68. The van der Waals surface area contributed by atoms with Gasteiger partial charge in [0.2, 0.25) is 0 Å². The average molecular weight is 357 g/mol. The fraction of sp³-hybridized carbons (Fsp3) is 0.381. The lowest BCUT2D eigenvalue weighted by Crippen LogP contribution is -2.23. The maximum Gasteiger partial charge on any atom is 0.167 e. The van der Waals surface area contributed by atoms with Crippen LogP contribution in [0.5, 0.6) is 11.5 Å². The molecule has 0 unspecified atom stereocenters. The summed E-state index contributed by atoms with van der Waals surface area (Å²) in [5.41, 5.74) is 2.62. The summed E-state index contributed by atoms with van der Waals surface area (Å²) in [4.78, 5) is 11.9. The zero-order valence-corrected chi connectivity index (χ0v) is 15.9. The predicted molar refractivity (Wildman–Crippen MR) is 102 cm³/mol. The summed E-state index contributed by atoms with van der Waals surface area (Å²) in [6.45, 7) is 5.49. The topological polar surface area (TPSA) is 56.8 Å². The molecule has 0 aliphatic carbocycles. The molecule has 26 heavy (non-hydrogen) atoms. The van der Waals surface area contributed by atoms with Crippen LogP contribution in [0.1, 0.15) is 41.4 Å². The van der Waals surface area contributed by atoms with Gasteiger partial charge in [-0.3, -0.25) is 4.79 Å². The molecular weight excluding hydrogens is 330 g/mol. The summed E-state index contributed by atoms with van der Waals surface area (Å²) < 4.78 is 16.4. The van der Waals surface area contributed by atoms with Crippen molar-refractivity contribution in [3.63, 3.8) is 0 Å². The van der Waals surface area contributed by atoms with Crippen LogP contribution in [0.15, 0.2) is 42.5 Å². The van der Waals surface area contributed by atoms with Gasteiger partial charge < -0.3 is 19.5 Å². The standard InChI is InChI=1S/C21H27NO4/c1-15(22-10-11-26-14-17-8-6-5-7-9-17)18-12-19(24-3)21(16(2)23)20(13-18)25-4/h5-9,12-13,15,22H,10-11,14H2,1-4H3/t15-/m1/s1. The molecule has 0 spiro atoms. The Morgan fingerprint density at radius 3 is 2.23 bits per heavy atom. The quantitative estimate of drug-likeness (QED) is 0.518. The molecule has 2 aromatic rings. The minimum Gasteiger partial charge on any atom is -0.496 e. The molecule has 2 aromatic carbocycles. The van der Waals surface area contributed by atoms with Crippen molar-refractivity contribution < 1.29 is 19.0 Å². The molecule has 5 nitrogen and oxygen atoms in total. The summed E-state index contributed by atoms with van der Waals surface area (Å²) in [7, 11) is 3.11. The van der Waals surface area contributed by atoms with E-state index in [9.17, 15) is 4.79 Å². The number of methoxy groups -OCH3 is 2. The number of nitrogens with one attached hydrogen (secondary N) is 1. The van der Waals surface area contributed by atoms with Crippen LogP contribution in [0.3, 0.4) is 0 Å². The number of hydrogen-bond donors (Lipinski definition) is 1. The zero-order valence-electron chi connectivity index (χ0n) is 15.9. The van der Waals surface area contributed by atoms with Crippen molar-refractivity contribution >= 4 is 5.78 Å². The van der Waals surface area contributed by atoms with Gasteiger partial charge in [-0.2, -0.15) is 0 Å². The molecule has 0 aromatic heterocycles. The van der Waals surface area contributed by atoms with E-state index in [0.717, 1.165) is 11.1 Å². The van der Waals surface area contributed by atoms with Crippen LogP contribution in [0, 0.1) is 0 Å². The van der Waals surface area contributed by atoms with Crippen molar-refractivity contribution in [2.75, 3.05) is 27.4 Å². The van der Waals surface area contributed by atoms with Gasteiger partial charge in [-0.25, -0.2) is 0 Å². The van der Waals surface area contributed by atoms with Crippen LogP contribution in [-0.4, -0.2) is 33.2 Å². The van der Waals surface area contributed by atoms with Crippen molar-refractivity contribution in [1.82, 2.24) is 5.32 Å². The zero-order chi connectivity index (χ0) is 18.9. The molecule has 2 rings (SSSR count). The van der Waals surface area contributed by atoms with Gasteiger partial charge in [0.25, 0.3) is 0 Å². The van der Waals surface area contributed by atoms with E-state index >= 15 is 0 Å². The lowest BCUT2D eigenvalue weighted by Gasteiger charge is -2.18. The third-order valence-electron chi connectivity index (χ3n) is 4.19. The summed E-state index contributed by atoms with van der Waals surface area (Å²) >= 11 is 0. The smallest absolute Gasteiger partial charge is 0.167 e. The Balaban J connectivity index is 1.92. The van der Waals surface area contributed by atoms with Gasteiger partial charge >= 0.3 is 0 Å². The van der Waals surface area contributed by atoms with E-state index in [4.69, 9.17) is 14.2 Å². The van der Waals surface area contributed by atoms with Gasteiger partial charge in [-0.05, 0) is 37.1 Å². The lowest BCUT2D eigenvalue weighted by molar-refractivity contribution is 0.101. The second-order valence-corrected chi connectivity index (χ2v) is 6.07. The van der Waals surface area contributed by atoms with Gasteiger partial charge in [-0.1, -0.05) is 30.3 Å². The van der Waals surface area contributed by atoms with Crippen LogP contribution in [0.4, 0.5) is 0 Å². The Hall–Kier alpha value is -2.37. The van der Waals surface area contributed by atoms with E-state index in [1.807, 2.05) is 42.5 Å². The molecule has 0 aliphatic rings. The van der Waals surface area contributed by atoms with E-state index in [1.54, 1.807) is 14.2 Å². The van der Waals surface area contributed by atoms with E-state index in [-0.39, 0.29) is 11.8 Å². The molecule has 0 saturated carbocycles. The molecule has 1 atom stereocenters. The Morgan fingerprint density at radius 1 is 1.08 bits per heavy atom. The molecule has 0 aliphatic heterocycles. The number of carbonyl (C=O) groups excluding carboxylic acids is 1. The molecule has 5 heteroatoms. The van der Waals surface area contributed by atoms with Crippen molar-refractivity contribution in [1.29, 1.82) is 0 Å². The van der Waals surface area contributed by atoms with Gasteiger partial charge in [-0.15, -0.1) is 0 Å². The maximum atomic E-state index is 11.9. The molecule has 140 valence electrons. The normalized spacial score (nSPS) is 11.8. The minimum atomic E-state index is -0.0832. The summed E-state index contributed by atoms with van der Waals surface area (Å²) in [5.74, 6) is 0.974. The molecule has 0 radical (unpaired) electrons. The molecule has 0 amide bonds. The van der Waals surface area contributed by atoms with E-state index < -0.39 is 0 Å². The monoisotopic (exact) mass is 357 g/mol. The Labute approximate surface area is 155 Å². The fourth-order valence-corrected chi connectivity index (χ4v) is 2.76. The first-order valence-electron chi connectivity index (χ1n) is 8.68. The highest BCUT2D eigenvalue weighted by Crippen LogP contribution is 2.33. The number of ketones is 1. The second-order valence-electron chi connectivity index (χ2n) is 6.07. The number of ether oxygens (including phenoxy) is 3. The maximum absolute atomic E-state index is 11.9. The van der Waals surface area contributed by atoms with Crippen molar-refractivity contribution in [2.24, 2.45) is 0 Å². The minimum absolute atomic E-state index is 0.0686. The molecule has 0 fully saturated rings. The van der Waals surface area contributed by atoms with Crippen LogP contribution < -0.4 is 14.8 Å². The lowest BCUT2D eigenvalue weighted by atomic mass is 10.0. The first kappa shape index (κ1) is 19.9. The summed E-state index contributed by atoms with van der Waals surface area (Å²) in [6, 6.07) is 13.9. The van der Waals surface area contributed by atoms with Crippen molar-refractivity contribution in [2.45, 2.75) is 26.5 Å². The Morgan fingerprint density at radius 2 is 1.69 bits per heavy atom. The van der Waals surface area contributed by atoms with Gasteiger partial charge in [0.05, 0.1) is 27.4 Å². The largest absolute Gasteiger partial charge is 0.496 e. The molecule has 0 heterocycles. The number of rotatable bonds is 10. The third-order valence-corrected chi connectivity index (χ3v) is 4.19.